The van der Waals surface area contributed by atoms with Gasteiger partial charge in [-0.2, -0.15) is 0 Å². The lowest BCUT2D eigenvalue weighted by Gasteiger charge is -2.18. The first-order valence-electron chi connectivity index (χ1n) is 24.1. The van der Waals surface area contributed by atoms with Crippen molar-refractivity contribution in [3.8, 4) is 0 Å². The Bertz CT molecular complexity index is 2370. The van der Waals surface area contributed by atoms with Crippen LogP contribution in [0.1, 0.15) is 92.3 Å². The van der Waals surface area contributed by atoms with Gasteiger partial charge < -0.3 is 31.1 Å². The number of carbonyl (C=O) groups is 6. The Hall–Kier alpha value is -7.15. The van der Waals surface area contributed by atoms with Crippen molar-refractivity contribution >= 4 is 35.4 Å². The summed E-state index contributed by atoms with van der Waals surface area (Å²) < 4.78 is 0. The summed E-state index contributed by atoms with van der Waals surface area (Å²) in [6.45, 7) is 0.303. The minimum Gasteiger partial charge on any atom is -0.352 e. The summed E-state index contributed by atoms with van der Waals surface area (Å²) in [7, 11) is 0. The molecule has 2 aliphatic heterocycles. The van der Waals surface area contributed by atoms with Crippen molar-refractivity contribution < 1.29 is 28.8 Å². The molecule has 13 nitrogen and oxygen atoms in total. The molecule has 4 saturated carbocycles. The van der Waals surface area contributed by atoms with E-state index in [2.05, 4.69) is 62.6 Å². The van der Waals surface area contributed by atoms with Crippen LogP contribution in [0, 0.1) is 23.7 Å². The van der Waals surface area contributed by atoms with E-state index < -0.39 is 23.7 Å². The van der Waals surface area contributed by atoms with Crippen molar-refractivity contribution in [3.05, 3.63) is 173 Å². The van der Waals surface area contributed by atoms with Gasteiger partial charge in [0, 0.05) is 97.5 Å². The van der Waals surface area contributed by atoms with Crippen LogP contribution in [-0.4, -0.2) is 101 Å². The Morgan fingerprint density at radius 1 is 0.382 bits per heavy atom. The molecule has 4 N–H and O–H groups in total. The zero-order valence-corrected chi connectivity index (χ0v) is 37.7. The van der Waals surface area contributed by atoms with Crippen LogP contribution in [0.25, 0.3) is 0 Å². The molecule has 0 bridgehead atoms. The number of amides is 6. The molecule has 3 unspecified atom stereocenters. The molecule has 12 atom stereocenters. The SMILES string of the molecule is O=C(NC1CC1c1ccccc1)[C@@H]1CN(C(=O)c2ccc(C(=O)N3C[C@@H](C(=O)N[C@H]4C[C@@H]4c4ccccc4)[C@H](C(=O)N[C@H]4C[C@@H]4c4cccnc4)C3)cc2)C[C@H]1C(=O)N[C@H]1CC1c1ccccc1. The van der Waals surface area contributed by atoms with Gasteiger partial charge in [-0.1, -0.05) is 97.1 Å². The lowest BCUT2D eigenvalue weighted by molar-refractivity contribution is -0.133. The van der Waals surface area contributed by atoms with Crippen LogP contribution in [0.2, 0.25) is 0 Å². The molecule has 2 saturated heterocycles. The second kappa shape index (κ2) is 18.2. The molecule has 11 rings (SSSR count). The number of hydrogen-bond donors (Lipinski definition) is 4. The number of rotatable bonds is 14. The van der Waals surface area contributed by atoms with Gasteiger partial charge in [-0.05, 0) is 78.3 Å². The molecule has 3 heterocycles. The molecular weight excluding hydrogens is 855 g/mol. The van der Waals surface area contributed by atoms with Crippen molar-refractivity contribution in [3.63, 3.8) is 0 Å². The standard InChI is InChI=1S/C55H55N7O6/c63-50(57-46-23-38(46)32-11-4-1-5-12-32)42-28-61(29-43(42)51(64)58-47-24-39(47)33-13-6-2-7-14-33)54(67)35-18-20-36(21-19-35)55(68)62-30-44(52(65)59-48-25-40(48)34-15-8-3-9-16-34)45(31-62)53(66)60-49-26-41(49)37-17-10-22-56-27-37/h1-22,27,38-49H,23-26,28-31H2,(H,57,63)(H,58,64)(H,59,65)(H,60,66)/t38?,39?,40-,41-,42-,43-,44-,45-,46+,47?,48+,49+/m1/s1. The van der Waals surface area contributed by atoms with Crippen LogP contribution >= 0.6 is 0 Å². The van der Waals surface area contributed by atoms with Crippen LogP contribution in [0.15, 0.2) is 140 Å². The molecule has 6 aliphatic rings. The smallest absolute Gasteiger partial charge is 0.253 e. The van der Waals surface area contributed by atoms with Crippen LogP contribution < -0.4 is 21.3 Å². The molecular formula is C55H55N7O6. The van der Waals surface area contributed by atoms with Crippen molar-refractivity contribution in [1.82, 2.24) is 36.1 Å². The maximum Gasteiger partial charge on any atom is 0.253 e. The van der Waals surface area contributed by atoms with Crippen molar-refractivity contribution in [1.29, 1.82) is 0 Å². The molecule has 4 aliphatic carbocycles. The van der Waals surface area contributed by atoms with Gasteiger partial charge in [0.2, 0.25) is 23.6 Å². The monoisotopic (exact) mass is 909 g/mol. The highest BCUT2D eigenvalue weighted by Gasteiger charge is 2.51. The third-order valence-corrected chi connectivity index (χ3v) is 15.2. The summed E-state index contributed by atoms with van der Waals surface area (Å²) in [6, 6.07) is 40.2. The third-order valence-electron chi connectivity index (χ3n) is 15.2. The molecule has 6 fully saturated rings. The van der Waals surface area contributed by atoms with E-state index in [1.807, 2.05) is 72.9 Å². The predicted molar refractivity (Wildman–Crippen MR) is 253 cm³/mol. The number of likely N-dealkylation sites (tertiary alicyclic amines) is 2. The molecule has 0 radical (unpaired) electrons. The van der Waals surface area contributed by atoms with Gasteiger partial charge in [0.05, 0.1) is 23.7 Å². The molecule has 0 spiro atoms. The topological polar surface area (TPSA) is 170 Å². The summed E-state index contributed by atoms with van der Waals surface area (Å²) >= 11 is 0. The van der Waals surface area contributed by atoms with Crippen LogP contribution in [0.3, 0.4) is 0 Å². The molecule has 1 aromatic heterocycles. The Labute approximate surface area is 395 Å². The van der Waals surface area contributed by atoms with E-state index in [1.54, 1.807) is 40.3 Å². The summed E-state index contributed by atoms with van der Waals surface area (Å²) in [4.78, 5) is 91.7. The number of hydrogen-bond acceptors (Lipinski definition) is 7. The first kappa shape index (κ1) is 43.4. The van der Waals surface area contributed by atoms with Crippen molar-refractivity contribution in [2.75, 3.05) is 26.2 Å². The zero-order chi connectivity index (χ0) is 46.5. The first-order valence-corrected chi connectivity index (χ1v) is 24.1. The second-order valence-electron chi connectivity index (χ2n) is 19.8. The third kappa shape index (κ3) is 9.13. The molecule has 6 amide bonds. The van der Waals surface area contributed by atoms with Crippen molar-refractivity contribution in [2.24, 2.45) is 23.7 Å². The average Bonchev–Trinajstić information content (AvgIpc) is 4.31. The highest BCUT2D eigenvalue weighted by atomic mass is 16.2. The van der Waals surface area contributed by atoms with Crippen LogP contribution in [-0.2, 0) is 19.2 Å². The van der Waals surface area contributed by atoms with Crippen molar-refractivity contribution in [2.45, 2.75) is 73.5 Å². The fourth-order valence-electron chi connectivity index (χ4n) is 10.9. The van der Waals surface area contributed by atoms with Crippen LogP contribution in [0.4, 0.5) is 0 Å². The summed E-state index contributed by atoms with van der Waals surface area (Å²) in [6.07, 6.45) is 6.75. The summed E-state index contributed by atoms with van der Waals surface area (Å²) in [5.41, 5.74) is 5.17. The van der Waals surface area contributed by atoms with E-state index in [0.29, 0.717) is 11.1 Å². The summed E-state index contributed by atoms with van der Waals surface area (Å²) in [5.74, 6) is -3.83. The fourth-order valence-corrected chi connectivity index (χ4v) is 10.9. The molecule has 13 heteroatoms. The zero-order valence-electron chi connectivity index (χ0n) is 37.7. The predicted octanol–water partition coefficient (Wildman–Crippen LogP) is 5.15. The highest BCUT2D eigenvalue weighted by molar-refractivity contribution is 6.00. The van der Waals surface area contributed by atoms with Gasteiger partial charge in [-0.3, -0.25) is 33.8 Å². The number of nitrogens with zero attached hydrogens (tertiary/aromatic N) is 3. The quantitative estimate of drug-likeness (QED) is 0.120. The van der Waals surface area contributed by atoms with Gasteiger partial charge in [0.15, 0.2) is 0 Å². The minimum absolute atomic E-state index is 0.0348. The Morgan fingerprint density at radius 2 is 0.676 bits per heavy atom. The normalized spacial score (nSPS) is 29.6. The number of benzene rings is 4. The number of pyridine rings is 1. The molecule has 68 heavy (non-hydrogen) atoms. The van der Waals surface area contributed by atoms with Gasteiger partial charge in [0.25, 0.3) is 11.8 Å². The van der Waals surface area contributed by atoms with E-state index in [4.69, 9.17) is 0 Å². The fraction of sp³-hybridized carbons (Fsp3) is 0.364. The number of nitrogens with one attached hydrogen (secondary N) is 4. The molecule has 346 valence electrons. The van der Waals surface area contributed by atoms with Gasteiger partial charge >= 0.3 is 0 Å². The highest BCUT2D eigenvalue weighted by Crippen LogP contribution is 2.44. The number of aromatic nitrogens is 1. The first-order chi connectivity index (χ1) is 33.2. The van der Waals surface area contributed by atoms with E-state index in [1.165, 1.54) is 0 Å². The molecule has 4 aromatic carbocycles. The Morgan fingerprint density at radius 3 is 0.971 bits per heavy atom. The minimum atomic E-state index is -0.748. The van der Waals surface area contributed by atoms with Gasteiger partial charge in [-0.15, -0.1) is 0 Å². The lowest BCUT2D eigenvalue weighted by Crippen LogP contribution is -2.43. The average molecular weight is 910 g/mol. The van der Waals surface area contributed by atoms with E-state index in [9.17, 15) is 28.8 Å². The second-order valence-corrected chi connectivity index (χ2v) is 19.8. The maximum absolute atomic E-state index is 14.2. The Kier molecular flexibility index (Phi) is 11.6. The van der Waals surface area contributed by atoms with E-state index in [-0.39, 0.29) is 109 Å². The maximum atomic E-state index is 14.2. The molecule has 5 aromatic rings. The lowest BCUT2D eigenvalue weighted by atomic mass is 9.94. The van der Waals surface area contributed by atoms with E-state index >= 15 is 0 Å². The van der Waals surface area contributed by atoms with Crippen LogP contribution in [0.5, 0.6) is 0 Å². The summed E-state index contributed by atoms with van der Waals surface area (Å²) in [5, 5.41) is 12.7. The number of carbonyl (C=O) groups excluding carboxylic acids is 6. The van der Waals surface area contributed by atoms with Gasteiger partial charge in [-0.25, -0.2) is 0 Å². The van der Waals surface area contributed by atoms with Gasteiger partial charge in [0.1, 0.15) is 0 Å². The largest absolute Gasteiger partial charge is 0.352 e. The Balaban J connectivity index is 0.756. The van der Waals surface area contributed by atoms with E-state index in [0.717, 1.165) is 47.9 Å².